The fourth-order valence-electron chi connectivity index (χ4n) is 1.66. The SMILES string of the molecule is OC(Cc1cc(F)cc(Br)c1)c1ccncc1. The zero-order valence-corrected chi connectivity index (χ0v) is 10.6. The summed E-state index contributed by atoms with van der Waals surface area (Å²) in [7, 11) is 0. The highest BCUT2D eigenvalue weighted by molar-refractivity contribution is 9.10. The molecule has 2 aromatic rings. The van der Waals surface area contributed by atoms with Crippen LogP contribution in [0.3, 0.4) is 0 Å². The van der Waals surface area contributed by atoms with Gasteiger partial charge in [0.1, 0.15) is 5.82 Å². The first-order valence-corrected chi connectivity index (χ1v) is 5.97. The molecular weight excluding hydrogens is 285 g/mol. The summed E-state index contributed by atoms with van der Waals surface area (Å²) < 4.78 is 13.8. The number of nitrogens with zero attached hydrogens (tertiary/aromatic N) is 1. The van der Waals surface area contributed by atoms with Gasteiger partial charge in [-0.2, -0.15) is 0 Å². The van der Waals surface area contributed by atoms with Gasteiger partial charge in [0.25, 0.3) is 0 Å². The molecule has 0 radical (unpaired) electrons. The Labute approximate surface area is 107 Å². The fourth-order valence-corrected chi connectivity index (χ4v) is 2.17. The largest absolute Gasteiger partial charge is 0.388 e. The Morgan fingerprint density at radius 3 is 2.59 bits per heavy atom. The summed E-state index contributed by atoms with van der Waals surface area (Å²) in [5, 5.41) is 9.99. The molecule has 0 aliphatic rings. The molecule has 1 aromatic carbocycles. The Morgan fingerprint density at radius 2 is 1.94 bits per heavy atom. The van der Waals surface area contributed by atoms with Gasteiger partial charge in [-0.05, 0) is 41.5 Å². The highest BCUT2D eigenvalue weighted by Gasteiger charge is 2.09. The van der Waals surface area contributed by atoms with Crippen molar-refractivity contribution < 1.29 is 9.50 Å². The lowest BCUT2D eigenvalue weighted by molar-refractivity contribution is 0.178. The molecule has 0 saturated heterocycles. The lowest BCUT2D eigenvalue weighted by atomic mass is 10.0. The number of benzene rings is 1. The van der Waals surface area contributed by atoms with Gasteiger partial charge in [-0.3, -0.25) is 4.98 Å². The van der Waals surface area contributed by atoms with E-state index in [-0.39, 0.29) is 5.82 Å². The molecule has 0 aliphatic heterocycles. The van der Waals surface area contributed by atoms with Crippen LogP contribution in [-0.4, -0.2) is 10.1 Å². The standard InChI is InChI=1S/C13H11BrFNO/c14-11-5-9(6-12(15)8-11)7-13(17)10-1-3-16-4-2-10/h1-6,8,13,17H,7H2. The van der Waals surface area contributed by atoms with Crippen LogP contribution in [0, 0.1) is 5.82 Å². The average molecular weight is 296 g/mol. The van der Waals surface area contributed by atoms with Gasteiger partial charge in [-0.1, -0.05) is 15.9 Å². The molecule has 1 unspecified atom stereocenters. The minimum atomic E-state index is -0.647. The third kappa shape index (κ3) is 3.35. The lowest BCUT2D eigenvalue weighted by Gasteiger charge is -2.11. The second kappa shape index (κ2) is 5.38. The van der Waals surface area contributed by atoms with E-state index < -0.39 is 6.10 Å². The van der Waals surface area contributed by atoms with Crippen molar-refractivity contribution in [3.05, 3.63) is 64.1 Å². The number of hydrogen-bond acceptors (Lipinski definition) is 2. The quantitative estimate of drug-likeness (QED) is 0.943. The van der Waals surface area contributed by atoms with Gasteiger partial charge in [0, 0.05) is 23.3 Å². The van der Waals surface area contributed by atoms with E-state index >= 15 is 0 Å². The van der Waals surface area contributed by atoms with Gasteiger partial charge in [0.2, 0.25) is 0 Å². The number of aliphatic hydroxyl groups excluding tert-OH is 1. The van der Waals surface area contributed by atoms with Crippen molar-refractivity contribution >= 4 is 15.9 Å². The van der Waals surface area contributed by atoms with E-state index in [9.17, 15) is 9.50 Å². The van der Waals surface area contributed by atoms with Crippen molar-refractivity contribution in [3.8, 4) is 0 Å². The summed E-state index contributed by atoms with van der Waals surface area (Å²) in [4.78, 5) is 3.88. The van der Waals surface area contributed by atoms with Gasteiger partial charge in [-0.25, -0.2) is 4.39 Å². The first kappa shape index (κ1) is 12.2. The number of rotatable bonds is 3. The van der Waals surface area contributed by atoms with Crippen LogP contribution in [0.5, 0.6) is 0 Å². The molecule has 4 heteroatoms. The first-order chi connectivity index (χ1) is 8.15. The van der Waals surface area contributed by atoms with E-state index in [1.807, 2.05) is 0 Å². The van der Waals surface area contributed by atoms with Crippen LogP contribution in [0.1, 0.15) is 17.2 Å². The molecule has 0 saturated carbocycles. The second-order valence-electron chi connectivity index (χ2n) is 3.78. The Morgan fingerprint density at radius 1 is 1.24 bits per heavy atom. The molecule has 0 aliphatic carbocycles. The predicted octanol–water partition coefficient (Wildman–Crippen LogP) is 3.26. The molecule has 0 bridgehead atoms. The van der Waals surface area contributed by atoms with Crippen molar-refractivity contribution in [2.75, 3.05) is 0 Å². The molecule has 1 N–H and O–H groups in total. The summed E-state index contributed by atoms with van der Waals surface area (Å²) in [5.41, 5.74) is 1.53. The molecule has 2 rings (SSSR count). The Bertz CT molecular complexity index is 484. The number of aliphatic hydroxyl groups is 1. The van der Waals surface area contributed by atoms with Crippen LogP contribution < -0.4 is 0 Å². The maximum Gasteiger partial charge on any atom is 0.124 e. The summed E-state index contributed by atoms with van der Waals surface area (Å²) in [5.74, 6) is -0.309. The maximum absolute atomic E-state index is 13.2. The van der Waals surface area contributed by atoms with Gasteiger partial charge < -0.3 is 5.11 Å². The van der Waals surface area contributed by atoms with Crippen LogP contribution in [-0.2, 0) is 6.42 Å². The third-order valence-corrected chi connectivity index (χ3v) is 2.90. The van der Waals surface area contributed by atoms with Gasteiger partial charge >= 0.3 is 0 Å². The topological polar surface area (TPSA) is 33.1 Å². The van der Waals surface area contributed by atoms with E-state index in [0.717, 1.165) is 11.1 Å². The minimum absolute atomic E-state index is 0.309. The zero-order chi connectivity index (χ0) is 12.3. The molecule has 1 heterocycles. The van der Waals surface area contributed by atoms with Crippen LogP contribution in [0.4, 0.5) is 4.39 Å². The highest BCUT2D eigenvalue weighted by atomic mass is 79.9. The molecule has 0 fully saturated rings. The third-order valence-electron chi connectivity index (χ3n) is 2.44. The molecule has 1 aromatic heterocycles. The van der Waals surface area contributed by atoms with Crippen molar-refractivity contribution in [1.82, 2.24) is 4.98 Å². The lowest BCUT2D eigenvalue weighted by Crippen LogP contribution is -2.02. The predicted molar refractivity (Wildman–Crippen MR) is 67.0 cm³/mol. The monoisotopic (exact) mass is 295 g/mol. The normalized spacial score (nSPS) is 12.4. The minimum Gasteiger partial charge on any atom is -0.388 e. The van der Waals surface area contributed by atoms with Gasteiger partial charge in [-0.15, -0.1) is 0 Å². The highest BCUT2D eigenvalue weighted by Crippen LogP contribution is 2.21. The molecule has 17 heavy (non-hydrogen) atoms. The number of pyridine rings is 1. The summed E-state index contributed by atoms with van der Waals surface area (Å²) in [6.07, 6.45) is 2.98. The zero-order valence-electron chi connectivity index (χ0n) is 8.98. The molecule has 0 spiro atoms. The number of hydrogen-bond donors (Lipinski definition) is 1. The fraction of sp³-hybridized carbons (Fsp3) is 0.154. The van der Waals surface area contributed by atoms with Crippen molar-refractivity contribution in [2.24, 2.45) is 0 Å². The smallest absolute Gasteiger partial charge is 0.124 e. The summed E-state index contributed by atoms with van der Waals surface area (Å²) in [6.45, 7) is 0. The number of aromatic nitrogens is 1. The van der Waals surface area contributed by atoms with Gasteiger partial charge in [0.05, 0.1) is 6.10 Å². The Kier molecular flexibility index (Phi) is 3.86. The molecule has 0 amide bonds. The second-order valence-corrected chi connectivity index (χ2v) is 4.69. The van der Waals surface area contributed by atoms with Crippen molar-refractivity contribution in [1.29, 1.82) is 0 Å². The maximum atomic E-state index is 13.2. The van der Waals surface area contributed by atoms with E-state index in [1.54, 1.807) is 30.6 Å². The molecular formula is C13H11BrFNO. The van der Waals surface area contributed by atoms with Crippen molar-refractivity contribution in [3.63, 3.8) is 0 Å². The summed E-state index contributed by atoms with van der Waals surface area (Å²) in [6, 6.07) is 8.11. The van der Waals surface area contributed by atoms with Crippen molar-refractivity contribution in [2.45, 2.75) is 12.5 Å². The molecule has 2 nitrogen and oxygen atoms in total. The van der Waals surface area contributed by atoms with Crippen LogP contribution in [0.25, 0.3) is 0 Å². The van der Waals surface area contributed by atoms with E-state index in [4.69, 9.17) is 0 Å². The average Bonchev–Trinajstić information content (AvgIpc) is 2.28. The number of halogens is 2. The van der Waals surface area contributed by atoms with E-state index in [2.05, 4.69) is 20.9 Å². The Balaban J connectivity index is 2.16. The van der Waals surface area contributed by atoms with E-state index in [0.29, 0.717) is 10.9 Å². The molecule has 1 atom stereocenters. The first-order valence-electron chi connectivity index (χ1n) is 5.18. The van der Waals surface area contributed by atoms with Gasteiger partial charge in [0.15, 0.2) is 0 Å². The molecule has 88 valence electrons. The van der Waals surface area contributed by atoms with Crippen LogP contribution in [0.15, 0.2) is 47.2 Å². The summed E-state index contributed by atoms with van der Waals surface area (Å²) >= 11 is 3.23. The van der Waals surface area contributed by atoms with Crippen LogP contribution in [0.2, 0.25) is 0 Å². The Hall–Kier alpha value is -1.26. The van der Waals surface area contributed by atoms with Crippen LogP contribution >= 0.6 is 15.9 Å². The van der Waals surface area contributed by atoms with E-state index in [1.165, 1.54) is 12.1 Å².